The number of rotatable bonds is 3. The van der Waals surface area contributed by atoms with Gasteiger partial charge in [0.05, 0.1) is 10.5 Å². The van der Waals surface area contributed by atoms with E-state index in [1.165, 1.54) is 18.3 Å². The molecule has 0 aliphatic rings. The second-order valence-corrected chi connectivity index (χ2v) is 3.95. The van der Waals surface area contributed by atoms with E-state index in [1.54, 1.807) is 25.3 Å². The first kappa shape index (κ1) is 13.5. The molecular weight excluding hydrogens is 264 g/mol. The maximum Gasteiger partial charge on any atom is 0.511 e. The molecule has 0 saturated heterocycles. The molecule has 0 unspecified atom stereocenters. The molecule has 1 N–H and O–H groups in total. The zero-order valence-corrected chi connectivity index (χ0v) is 10.4. The average Bonchev–Trinajstić information content (AvgIpc) is 2.41. The molecule has 20 heavy (non-hydrogen) atoms. The molecule has 2 aromatic rings. The zero-order valence-electron chi connectivity index (χ0n) is 10.4. The molecule has 0 aliphatic heterocycles. The molecule has 1 aromatic carbocycles. The summed E-state index contributed by atoms with van der Waals surface area (Å²) in [4.78, 5) is 25.1. The lowest BCUT2D eigenvalue weighted by Gasteiger charge is -2.10. The number of hydrogen-bond acceptors (Lipinski definition) is 5. The van der Waals surface area contributed by atoms with Crippen molar-refractivity contribution in [3.05, 3.63) is 52.3 Å². The quantitative estimate of drug-likeness (QED) is 0.399. The van der Waals surface area contributed by atoms with E-state index in [1.807, 2.05) is 0 Å². The lowest BCUT2D eigenvalue weighted by molar-refractivity contribution is -0.384. The standard InChI is InChI=1S/C13H10N2O5/c1-8-11(20-13(16)17)5-4-10(15(18)19)12(8)9-3-2-6-14-7-9/h2-7H,1H3,(H,16,17). The number of carbonyl (C=O) groups is 1. The molecule has 1 aromatic heterocycles. The van der Waals surface area contributed by atoms with Crippen LogP contribution in [-0.2, 0) is 0 Å². The Kier molecular flexibility index (Phi) is 3.60. The van der Waals surface area contributed by atoms with Gasteiger partial charge in [0.2, 0.25) is 0 Å². The molecule has 7 nitrogen and oxygen atoms in total. The van der Waals surface area contributed by atoms with Crippen LogP contribution in [0, 0.1) is 17.0 Å². The molecule has 0 amide bonds. The van der Waals surface area contributed by atoms with Gasteiger partial charge in [0, 0.05) is 29.6 Å². The SMILES string of the molecule is Cc1c(OC(=O)O)ccc([N+](=O)[O-])c1-c1cccnc1. The van der Waals surface area contributed by atoms with Crippen molar-refractivity contribution in [2.75, 3.05) is 0 Å². The Hall–Kier alpha value is -2.96. The van der Waals surface area contributed by atoms with Crippen LogP contribution in [-0.4, -0.2) is 21.2 Å². The van der Waals surface area contributed by atoms with Crippen molar-refractivity contribution in [3.8, 4) is 16.9 Å². The van der Waals surface area contributed by atoms with Crippen LogP contribution in [0.1, 0.15) is 5.56 Å². The van der Waals surface area contributed by atoms with Gasteiger partial charge in [-0.05, 0) is 19.1 Å². The fourth-order valence-electron chi connectivity index (χ4n) is 1.91. The first-order chi connectivity index (χ1) is 9.50. The summed E-state index contributed by atoms with van der Waals surface area (Å²) in [5.41, 5.74) is 1.05. The third-order valence-electron chi connectivity index (χ3n) is 2.74. The van der Waals surface area contributed by atoms with Gasteiger partial charge in [0.25, 0.3) is 5.69 Å². The highest BCUT2D eigenvalue weighted by molar-refractivity contribution is 5.79. The van der Waals surface area contributed by atoms with Gasteiger partial charge in [-0.25, -0.2) is 4.79 Å². The number of carboxylic acid groups (broad SMARTS) is 1. The van der Waals surface area contributed by atoms with Crippen molar-refractivity contribution in [2.24, 2.45) is 0 Å². The minimum absolute atomic E-state index is 0.0574. The van der Waals surface area contributed by atoms with Crippen molar-refractivity contribution < 1.29 is 19.6 Å². The zero-order chi connectivity index (χ0) is 14.7. The van der Waals surface area contributed by atoms with E-state index in [0.717, 1.165) is 0 Å². The Morgan fingerprint density at radius 2 is 2.15 bits per heavy atom. The summed E-state index contributed by atoms with van der Waals surface area (Å²) in [6.07, 6.45) is 1.54. The number of nitrogens with zero attached hydrogens (tertiary/aromatic N) is 2. The Morgan fingerprint density at radius 1 is 1.40 bits per heavy atom. The second-order valence-electron chi connectivity index (χ2n) is 3.95. The molecule has 7 heteroatoms. The van der Waals surface area contributed by atoms with Gasteiger partial charge in [-0.15, -0.1) is 0 Å². The van der Waals surface area contributed by atoms with Crippen LogP contribution in [0.2, 0.25) is 0 Å². The Labute approximate surface area is 113 Å². The van der Waals surface area contributed by atoms with Crippen LogP contribution >= 0.6 is 0 Å². The number of aromatic nitrogens is 1. The number of hydrogen-bond donors (Lipinski definition) is 1. The minimum atomic E-state index is -1.47. The number of benzene rings is 1. The van der Waals surface area contributed by atoms with Crippen LogP contribution in [0.15, 0.2) is 36.7 Å². The van der Waals surface area contributed by atoms with Crippen molar-refractivity contribution in [1.82, 2.24) is 4.98 Å². The number of pyridine rings is 1. The summed E-state index contributed by atoms with van der Waals surface area (Å²) >= 11 is 0. The van der Waals surface area contributed by atoms with Gasteiger partial charge in [0.15, 0.2) is 0 Å². The third kappa shape index (κ3) is 2.56. The fourth-order valence-corrected chi connectivity index (χ4v) is 1.91. The summed E-state index contributed by atoms with van der Waals surface area (Å²) in [6, 6.07) is 5.78. The molecule has 1 heterocycles. The normalized spacial score (nSPS) is 10.1. The Morgan fingerprint density at radius 3 is 2.70 bits per heavy atom. The molecule has 0 bridgehead atoms. The van der Waals surface area contributed by atoms with E-state index < -0.39 is 11.1 Å². The Bertz CT molecular complexity index is 670. The third-order valence-corrected chi connectivity index (χ3v) is 2.74. The lowest BCUT2D eigenvalue weighted by atomic mass is 9.99. The van der Waals surface area contributed by atoms with Crippen molar-refractivity contribution >= 4 is 11.8 Å². The predicted octanol–water partition coefficient (Wildman–Crippen LogP) is 3.02. The van der Waals surface area contributed by atoms with E-state index in [4.69, 9.17) is 5.11 Å². The van der Waals surface area contributed by atoms with Gasteiger partial charge >= 0.3 is 6.16 Å². The lowest BCUT2D eigenvalue weighted by Crippen LogP contribution is -2.05. The average molecular weight is 274 g/mol. The number of ether oxygens (including phenoxy) is 1. The number of nitro benzene ring substituents is 1. The largest absolute Gasteiger partial charge is 0.511 e. The molecule has 0 spiro atoms. The smallest absolute Gasteiger partial charge is 0.449 e. The summed E-state index contributed by atoms with van der Waals surface area (Å²) < 4.78 is 4.62. The van der Waals surface area contributed by atoms with Crippen LogP contribution in [0.4, 0.5) is 10.5 Å². The van der Waals surface area contributed by atoms with Crippen molar-refractivity contribution in [1.29, 1.82) is 0 Å². The molecule has 0 aliphatic carbocycles. The van der Waals surface area contributed by atoms with E-state index in [9.17, 15) is 14.9 Å². The second kappa shape index (κ2) is 5.35. The van der Waals surface area contributed by atoms with E-state index in [2.05, 4.69) is 9.72 Å². The van der Waals surface area contributed by atoms with Crippen LogP contribution < -0.4 is 4.74 Å². The van der Waals surface area contributed by atoms with E-state index in [0.29, 0.717) is 16.7 Å². The first-order valence-corrected chi connectivity index (χ1v) is 5.60. The fraction of sp³-hybridized carbons (Fsp3) is 0.0769. The molecule has 0 atom stereocenters. The summed E-state index contributed by atoms with van der Waals surface area (Å²) in [6.45, 7) is 1.56. The summed E-state index contributed by atoms with van der Waals surface area (Å²) in [7, 11) is 0. The number of nitro groups is 1. The van der Waals surface area contributed by atoms with Gasteiger partial charge in [-0.3, -0.25) is 15.1 Å². The Balaban J connectivity index is 2.67. The predicted molar refractivity (Wildman–Crippen MR) is 69.7 cm³/mol. The van der Waals surface area contributed by atoms with Crippen molar-refractivity contribution in [2.45, 2.75) is 6.92 Å². The van der Waals surface area contributed by atoms with Crippen LogP contribution in [0.3, 0.4) is 0 Å². The van der Waals surface area contributed by atoms with Gasteiger partial charge in [0.1, 0.15) is 5.75 Å². The van der Waals surface area contributed by atoms with Crippen molar-refractivity contribution in [3.63, 3.8) is 0 Å². The highest BCUT2D eigenvalue weighted by atomic mass is 16.7. The van der Waals surface area contributed by atoms with E-state index in [-0.39, 0.29) is 11.4 Å². The molecular formula is C13H10N2O5. The van der Waals surface area contributed by atoms with Gasteiger partial charge in [-0.1, -0.05) is 6.07 Å². The van der Waals surface area contributed by atoms with Crippen LogP contribution in [0.5, 0.6) is 5.75 Å². The summed E-state index contributed by atoms with van der Waals surface area (Å²) in [5, 5.41) is 19.8. The highest BCUT2D eigenvalue weighted by Gasteiger charge is 2.21. The molecule has 102 valence electrons. The maximum atomic E-state index is 11.1. The van der Waals surface area contributed by atoms with Crippen LogP contribution in [0.25, 0.3) is 11.1 Å². The minimum Gasteiger partial charge on any atom is -0.449 e. The van der Waals surface area contributed by atoms with Gasteiger partial charge < -0.3 is 9.84 Å². The first-order valence-electron chi connectivity index (χ1n) is 5.60. The topological polar surface area (TPSA) is 103 Å². The maximum absolute atomic E-state index is 11.1. The van der Waals surface area contributed by atoms with Gasteiger partial charge in [-0.2, -0.15) is 0 Å². The highest BCUT2D eigenvalue weighted by Crippen LogP contribution is 2.37. The molecule has 0 fully saturated rings. The molecule has 0 radical (unpaired) electrons. The monoisotopic (exact) mass is 274 g/mol. The van der Waals surface area contributed by atoms with E-state index >= 15 is 0 Å². The molecule has 0 saturated carbocycles. The summed E-state index contributed by atoms with van der Waals surface area (Å²) in [5.74, 6) is 0.0574. The molecule has 2 rings (SSSR count).